The van der Waals surface area contributed by atoms with Crippen LogP contribution in [0.15, 0.2) is 60.9 Å². The fourth-order valence-electron chi connectivity index (χ4n) is 3.17. The number of nitrogens with zero attached hydrogens (tertiary/aromatic N) is 2. The Labute approximate surface area is 170 Å². The zero-order valence-corrected chi connectivity index (χ0v) is 17.1. The van der Waals surface area contributed by atoms with E-state index in [0.29, 0.717) is 11.6 Å². The molecule has 0 saturated carbocycles. The molecule has 0 bridgehead atoms. The van der Waals surface area contributed by atoms with Gasteiger partial charge in [0, 0.05) is 19.4 Å². The molecule has 3 rings (SSSR count). The molecule has 0 saturated heterocycles. The van der Waals surface area contributed by atoms with Gasteiger partial charge >= 0.3 is 0 Å². The van der Waals surface area contributed by atoms with Crippen molar-refractivity contribution in [3.8, 4) is 5.75 Å². The Morgan fingerprint density at radius 3 is 2.48 bits per heavy atom. The van der Waals surface area contributed by atoms with Crippen LogP contribution in [0.1, 0.15) is 43.8 Å². The minimum Gasteiger partial charge on any atom is -0.483 e. The topological polar surface area (TPSA) is 56.2 Å². The van der Waals surface area contributed by atoms with Crippen molar-refractivity contribution in [3.63, 3.8) is 0 Å². The maximum Gasteiger partial charge on any atom is 0.258 e. The van der Waals surface area contributed by atoms with Crippen LogP contribution in [0.4, 0.5) is 4.39 Å². The first-order valence-electron chi connectivity index (χ1n) is 9.50. The first kappa shape index (κ1) is 20.6. The van der Waals surface area contributed by atoms with E-state index in [1.807, 2.05) is 35.9 Å². The van der Waals surface area contributed by atoms with Gasteiger partial charge in [-0.15, -0.1) is 0 Å². The maximum atomic E-state index is 13.3. The lowest BCUT2D eigenvalue weighted by Crippen LogP contribution is -2.34. The van der Waals surface area contributed by atoms with E-state index in [1.54, 1.807) is 24.5 Å². The third-order valence-electron chi connectivity index (χ3n) is 4.68. The number of halogens is 1. The van der Waals surface area contributed by atoms with Crippen LogP contribution in [0, 0.1) is 5.82 Å². The molecular weight excluding hydrogens is 369 g/mol. The second-order valence-electron chi connectivity index (χ2n) is 7.98. The molecule has 0 aliphatic rings. The number of para-hydroxylation sites is 1. The monoisotopic (exact) mass is 395 g/mol. The number of hydrogen-bond donors (Lipinski definition) is 1. The van der Waals surface area contributed by atoms with E-state index in [9.17, 15) is 9.18 Å². The lowest BCUT2D eigenvalue weighted by atomic mass is 9.86. The van der Waals surface area contributed by atoms with Crippen LogP contribution in [0.25, 0.3) is 0 Å². The summed E-state index contributed by atoms with van der Waals surface area (Å²) in [6, 6.07) is 13.2. The molecule has 152 valence electrons. The molecule has 29 heavy (non-hydrogen) atoms. The number of imidazole rings is 1. The number of carbonyl (C=O) groups is 1. The van der Waals surface area contributed by atoms with E-state index in [4.69, 9.17) is 4.74 Å². The Morgan fingerprint density at radius 2 is 1.86 bits per heavy atom. The van der Waals surface area contributed by atoms with Crippen molar-refractivity contribution in [3.05, 3.63) is 83.7 Å². The molecule has 6 heteroatoms. The number of benzene rings is 2. The lowest BCUT2D eigenvalue weighted by Gasteiger charge is -2.23. The Balaban J connectivity index is 1.76. The Hall–Kier alpha value is -3.15. The molecule has 0 aliphatic heterocycles. The van der Waals surface area contributed by atoms with Gasteiger partial charge in [0.1, 0.15) is 23.4 Å². The smallest absolute Gasteiger partial charge is 0.258 e. The highest BCUT2D eigenvalue weighted by Crippen LogP contribution is 2.31. The number of amides is 1. The van der Waals surface area contributed by atoms with Crippen molar-refractivity contribution >= 4 is 5.91 Å². The molecule has 3 aromatic rings. The van der Waals surface area contributed by atoms with Gasteiger partial charge in [-0.25, -0.2) is 9.37 Å². The van der Waals surface area contributed by atoms with Crippen molar-refractivity contribution in [2.24, 2.45) is 7.05 Å². The Kier molecular flexibility index (Phi) is 6.01. The average molecular weight is 395 g/mol. The normalized spacial score (nSPS) is 12.4. The summed E-state index contributed by atoms with van der Waals surface area (Å²) in [6.45, 7) is 6.16. The second-order valence-corrected chi connectivity index (χ2v) is 7.98. The quantitative estimate of drug-likeness (QED) is 0.682. The van der Waals surface area contributed by atoms with E-state index in [-0.39, 0.29) is 23.7 Å². The van der Waals surface area contributed by atoms with Gasteiger partial charge in [-0.1, -0.05) is 51.1 Å². The van der Waals surface area contributed by atoms with Gasteiger partial charge in [0.2, 0.25) is 0 Å². The van der Waals surface area contributed by atoms with Gasteiger partial charge in [-0.3, -0.25) is 4.79 Å². The fourth-order valence-corrected chi connectivity index (χ4v) is 3.17. The highest BCUT2D eigenvalue weighted by atomic mass is 19.1. The van der Waals surface area contributed by atoms with Crippen LogP contribution in [0.2, 0.25) is 0 Å². The highest BCUT2D eigenvalue weighted by Gasteiger charge is 2.22. The summed E-state index contributed by atoms with van der Waals surface area (Å²) < 4.78 is 21.0. The van der Waals surface area contributed by atoms with Crippen LogP contribution in [0.5, 0.6) is 5.75 Å². The van der Waals surface area contributed by atoms with E-state index in [0.717, 1.165) is 11.1 Å². The van der Waals surface area contributed by atoms with Crippen molar-refractivity contribution < 1.29 is 13.9 Å². The van der Waals surface area contributed by atoms with E-state index in [2.05, 4.69) is 31.1 Å². The number of aryl methyl sites for hydroxylation is 1. The number of carbonyl (C=O) groups excluding carboxylic acids is 1. The molecule has 2 aromatic carbocycles. The molecule has 1 unspecified atom stereocenters. The summed E-state index contributed by atoms with van der Waals surface area (Å²) in [7, 11) is 1.85. The summed E-state index contributed by atoms with van der Waals surface area (Å²) in [5, 5.41) is 2.95. The standard InChI is InChI=1S/C23H26FN3O2/c1-23(2,3)18-7-5-6-8-19(18)29-15-20(28)26-21(22-25-13-14-27(22)4)16-9-11-17(24)12-10-16/h5-14,21H,15H2,1-4H3,(H,26,28). The van der Waals surface area contributed by atoms with Crippen molar-refractivity contribution in [2.75, 3.05) is 6.61 Å². The predicted octanol–water partition coefficient (Wildman–Crippen LogP) is 4.14. The van der Waals surface area contributed by atoms with Gasteiger partial charge in [0.05, 0.1) is 0 Å². The van der Waals surface area contributed by atoms with Crippen LogP contribution in [0.3, 0.4) is 0 Å². The third kappa shape index (κ3) is 5.02. The number of hydrogen-bond acceptors (Lipinski definition) is 3. The van der Waals surface area contributed by atoms with Crippen molar-refractivity contribution in [1.82, 2.24) is 14.9 Å². The van der Waals surface area contributed by atoms with E-state index < -0.39 is 6.04 Å². The van der Waals surface area contributed by atoms with Crippen LogP contribution >= 0.6 is 0 Å². The molecular formula is C23H26FN3O2. The summed E-state index contributed by atoms with van der Waals surface area (Å²) in [6.07, 6.45) is 3.46. The number of ether oxygens (including phenoxy) is 1. The molecule has 5 nitrogen and oxygen atoms in total. The number of nitrogens with one attached hydrogen (secondary N) is 1. The SMILES string of the molecule is Cn1ccnc1C(NC(=O)COc1ccccc1C(C)(C)C)c1ccc(F)cc1. The highest BCUT2D eigenvalue weighted by molar-refractivity contribution is 5.78. The van der Waals surface area contributed by atoms with E-state index in [1.165, 1.54) is 12.1 Å². The summed E-state index contributed by atoms with van der Waals surface area (Å²) in [5.74, 6) is 0.720. The van der Waals surface area contributed by atoms with Crippen molar-refractivity contribution in [2.45, 2.75) is 32.2 Å². The van der Waals surface area contributed by atoms with Gasteiger partial charge in [0.15, 0.2) is 6.61 Å². The molecule has 1 heterocycles. The van der Waals surface area contributed by atoms with Gasteiger partial charge < -0.3 is 14.6 Å². The summed E-state index contributed by atoms with van der Waals surface area (Å²) in [4.78, 5) is 17.0. The average Bonchev–Trinajstić information content (AvgIpc) is 3.10. The molecule has 1 amide bonds. The Morgan fingerprint density at radius 1 is 1.17 bits per heavy atom. The summed E-state index contributed by atoms with van der Waals surface area (Å²) >= 11 is 0. The van der Waals surface area contributed by atoms with Crippen LogP contribution in [-0.2, 0) is 17.3 Å². The zero-order valence-electron chi connectivity index (χ0n) is 17.1. The Bertz CT molecular complexity index is 974. The molecule has 0 aliphatic carbocycles. The molecule has 1 N–H and O–H groups in total. The zero-order chi connectivity index (χ0) is 21.0. The van der Waals surface area contributed by atoms with Gasteiger partial charge in [-0.05, 0) is 34.7 Å². The molecule has 1 aromatic heterocycles. The first-order valence-corrected chi connectivity index (χ1v) is 9.50. The predicted molar refractivity (Wildman–Crippen MR) is 110 cm³/mol. The largest absolute Gasteiger partial charge is 0.483 e. The lowest BCUT2D eigenvalue weighted by molar-refractivity contribution is -0.123. The maximum absolute atomic E-state index is 13.3. The van der Waals surface area contributed by atoms with Crippen LogP contribution < -0.4 is 10.1 Å². The van der Waals surface area contributed by atoms with Gasteiger partial charge in [-0.2, -0.15) is 0 Å². The number of rotatable bonds is 6. The van der Waals surface area contributed by atoms with Crippen molar-refractivity contribution in [1.29, 1.82) is 0 Å². The van der Waals surface area contributed by atoms with Gasteiger partial charge in [0.25, 0.3) is 5.91 Å². The molecule has 1 atom stereocenters. The molecule has 0 fully saturated rings. The van der Waals surface area contributed by atoms with Crippen LogP contribution in [-0.4, -0.2) is 22.1 Å². The minimum atomic E-state index is -0.510. The summed E-state index contributed by atoms with van der Waals surface area (Å²) in [5.41, 5.74) is 1.67. The first-order chi connectivity index (χ1) is 13.8. The van der Waals surface area contributed by atoms with E-state index >= 15 is 0 Å². The molecule has 0 radical (unpaired) electrons. The second kappa shape index (κ2) is 8.47. The number of aromatic nitrogens is 2. The molecule has 0 spiro atoms. The third-order valence-corrected chi connectivity index (χ3v) is 4.68. The fraction of sp³-hybridized carbons (Fsp3) is 0.304. The minimum absolute atomic E-state index is 0.101.